The molecule has 8 radical (unpaired) electrons. The van der Waals surface area contributed by atoms with E-state index in [0.29, 0.717) is 0 Å². The second-order valence-corrected chi connectivity index (χ2v) is 0.750. The molecule has 0 saturated heterocycles. The molecule has 1 N–H and O–H groups in total. The maximum Gasteiger partial charge on any atom is 0.0172 e. The predicted octanol–water partition coefficient (Wildman–Crippen LogP) is -4.58. The minimum Gasteiger partial charge on any atom is -0.870 e. The molecule has 0 aliphatic heterocycles. The maximum absolute atomic E-state index is 8.52. The third-order valence-electron chi connectivity index (χ3n) is 0. The Morgan fingerprint density at radius 3 is 1.20 bits per heavy atom. The summed E-state index contributed by atoms with van der Waals surface area (Å²) in [5.41, 5.74) is 0. The molecule has 10 heteroatoms. The largest absolute Gasteiger partial charge is 0.870 e. The zero-order chi connectivity index (χ0) is 3.58. The number of hydrogen-bond acceptors (Lipinski definition) is 4. The standard InChI is InChI=1S/Al.Ca.Fe.Mg.Na.O3Si.H2O/c;;;;;1-4(2)3;/h;;;;;;1H2/q;;;;;-2;/p-1. The summed E-state index contributed by atoms with van der Waals surface area (Å²) in [6.45, 7) is 0. The van der Waals surface area contributed by atoms with Crippen LogP contribution in [-0.2, 0) is 21.5 Å². The van der Waals surface area contributed by atoms with Crippen molar-refractivity contribution in [2.45, 2.75) is 0 Å². The first-order valence-corrected chi connectivity index (χ1v) is 1.84. The predicted molar refractivity (Wildman–Crippen MR) is 31.4 cm³/mol. The molecule has 0 atom stereocenters. The molecule has 0 saturated carbocycles. The van der Waals surface area contributed by atoms with Crippen LogP contribution in [0.3, 0.4) is 0 Å². The summed E-state index contributed by atoms with van der Waals surface area (Å²) in [5, 5.41) is 0. The van der Waals surface area contributed by atoms with Crippen LogP contribution in [0.5, 0.6) is 0 Å². The first-order valence-electron chi connectivity index (χ1n) is 0.612. The van der Waals surface area contributed by atoms with Crippen LogP contribution >= 0.6 is 0 Å². The van der Waals surface area contributed by atoms with E-state index in [4.69, 9.17) is 14.1 Å². The van der Waals surface area contributed by atoms with E-state index in [1.807, 2.05) is 0 Å². The number of hydrogen-bond donors (Lipinski definition) is 0. The van der Waals surface area contributed by atoms with Crippen LogP contribution in [0.1, 0.15) is 0 Å². The van der Waals surface area contributed by atoms with Gasteiger partial charge in [0, 0.05) is 134 Å². The van der Waals surface area contributed by atoms with Gasteiger partial charge < -0.3 is 19.5 Å². The Balaban J connectivity index is -0.00000000300. The van der Waals surface area contributed by atoms with Gasteiger partial charge in [0.1, 0.15) is 0 Å². The minimum absolute atomic E-state index is 0. The monoisotopic (exact) mass is 263 g/mol. The topological polar surface area (TPSA) is 93.2 Å². The molecule has 0 aliphatic carbocycles. The molecule has 4 nitrogen and oxygen atoms in total. The zero-order valence-electron chi connectivity index (χ0n) is 5.52. The first-order chi connectivity index (χ1) is 1.73. The van der Waals surface area contributed by atoms with Gasteiger partial charge in [-0.05, 0) is 0 Å². The van der Waals surface area contributed by atoms with Crippen molar-refractivity contribution in [2.24, 2.45) is 0 Å². The second kappa shape index (κ2) is 38.8. The third-order valence-corrected chi connectivity index (χ3v) is 0. The van der Waals surface area contributed by atoms with E-state index < -0.39 is 9.17 Å². The molecule has 0 rings (SSSR count). The van der Waals surface area contributed by atoms with Crippen molar-refractivity contribution in [1.82, 2.24) is 0 Å². The van der Waals surface area contributed by atoms with Crippen LogP contribution in [0, 0.1) is 0 Å². The Morgan fingerprint density at radius 2 is 1.20 bits per heavy atom. The summed E-state index contributed by atoms with van der Waals surface area (Å²) in [6, 6.07) is 0. The quantitative estimate of drug-likeness (QED) is 0.411. The van der Waals surface area contributed by atoms with Gasteiger partial charge in [-0.15, -0.1) is 0 Å². The third kappa shape index (κ3) is 99.1. The smallest absolute Gasteiger partial charge is 0.0172 e. The van der Waals surface area contributed by atoms with Gasteiger partial charge in [-0.1, -0.05) is 0 Å². The second-order valence-electron chi connectivity index (χ2n) is 0.250. The van der Waals surface area contributed by atoms with Gasteiger partial charge in [0.05, 0.1) is 0 Å². The zero-order valence-corrected chi connectivity index (χ0v) is 14.4. The van der Waals surface area contributed by atoms with Crippen LogP contribution < -0.4 is 9.59 Å². The van der Waals surface area contributed by atoms with Gasteiger partial charge in [0.2, 0.25) is 0 Å². The van der Waals surface area contributed by atoms with Gasteiger partial charge in [-0.25, -0.2) is 0 Å². The van der Waals surface area contributed by atoms with Crippen LogP contribution in [0.2, 0.25) is 0 Å². The fourth-order valence-corrected chi connectivity index (χ4v) is 0. The van der Waals surface area contributed by atoms with Crippen molar-refractivity contribution < 1.29 is 36.6 Å². The summed E-state index contributed by atoms with van der Waals surface area (Å²) >= 11 is 0. The van der Waals surface area contributed by atoms with E-state index >= 15 is 0 Å². The van der Waals surface area contributed by atoms with Gasteiger partial charge >= 0.3 is 0 Å². The van der Waals surface area contributed by atoms with Crippen LogP contribution in [-0.4, -0.2) is 122 Å². The Kier molecular flexibility index (Phi) is 192. The summed E-state index contributed by atoms with van der Waals surface area (Å²) in [5.74, 6) is 0. The van der Waals surface area contributed by atoms with Crippen molar-refractivity contribution in [2.75, 3.05) is 0 Å². The van der Waals surface area contributed by atoms with Crippen molar-refractivity contribution in [3.8, 4) is 0 Å². The average molecular weight is 263 g/mol. The van der Waals surface area contributed by atoms with Crippen LogP contribution in [0.25, 0.3) is 0 Å². The molecule has 0 amide bonds. The Hall–Kier alpha value is 3.65. The van der Waals surface area contributed by atoms with E-state index in [0.717, 1.165) is 0 Å². The fraction of sp³-hybridized carbons (Fsp3) is 0. The van der Waals surface area contributed by atoms with Gasteiger partial charge in [-0.2, -0.15) is 0 Å². The Morgan fingerprint density at radius 1 is 1.20 bits per heavy atom. The molecule has 0 aromatic rings. The maximum atomic E-state index is 8.52. The minimum atomic E-state index is -3.63. The van der Waals surface area contributed by atoms with Gasteiger partial charge in [0.25, 0.3) is 0 Å². The molecular formula is HAlCaFeMgNaO4Si-3. The molecule has 0 aliphatic rings. The summed E-state index contributed by atoms with van der Waals surface area (Å²) in [6.07, 6.45) is 0. The average Bonchev–Trinajstić information content (AvgIpc) is 0.811. The molecular weight excluding hydrogens is 262 g/mol. The van der Waals surface area contributed by atoms with E-state index in [1.54, 1.807) is 0 Å². The summed E-state index contributed by atoms with van der Waals surface area (Å²) in [4.78, 5) is 17.0. The molecule has 0 aromatic carbocycles. The van der Waals surface area contributed by atoms with E-state index in [2.05, 4.69) is 0 Å². The van der Waals surface area contributed by atoms with Gasteiger partial charge in [-0.3, -0.25) is 0 Å². The molecule has 0 aromatic heterocycles. The van der Waals surface area contributed by atoms with Crippen molar-refractivity contribution >= 4 is 117 Å². The fourth-order valence-electron chi connectivity index (χ4n) is 0. The van der Waals surface area contributed by atoms with E-state index in [9.17, 15) is 0 Å². The van der Waals surface area contributed by atoms with E-state index in [-0.39, 0.29) is 130 Å². The summed E-state index contributed by atoms with van der Waals surface area (Å²) in [7, 11) is -3.63. The summed E-state index contributed by atoms with van der Waals surface area (Å²) < 4.78 is 8.52. The molecule has 0 spiro atoms. The van der Waals surface area contributed by atoms with Gasteiger partial charge in [0.15, 0.2) is 0 Å². The molecule has 0 fully saturated rings. The Labute approximate surface area is 150 Å². The molecule has 48 valence electrons. The van der Waals surface area contributed by atoms with Crippen molar-refractivity contribution in [1.29, 1.82) is 0 Å². The van der Waals surface area contributed by atoms with Crippen LogP contribution in [0.4, 0.5) is 0 Å². The number of rotatable bonds is 0. The van der Waals surface area contributed by atoms with Crippen molar-refractivity contribution in [3.05, 3.63) is 0 Å². The van der Waals surface area contributed by atoms with Crippen molar-refractivity contribution in [3.63, 3.8) is 0 Å². The SMILES string of the molecule is O=[Si]([O-])[O-].[Al].[Ca].[Fe].[Mg].[Na].[OH-]. The van der Waals surface area contributed by atoms with E-state index in [1.165, 1.54) is 0 Å². The molecule has 0 unspecified atom stereocenters. The normalized spacial score (nSPS) is 2.40. The molecule has 0 bridgehead atoms. The Bertz CT molecular complexity index is 48.2. The first kappa shape index (κ1) is 49.4. The molecule has 0 heterocycles. The molecule has 10 heavy (non-hydrogen) atoms. The van der Waals surface area contributed by atoms with Crippen LogP contribution in [0.15, 0.2) is 0 Å².